The summed E-state index contributed by atoms with van der Waals surface area (Å²) in [4.78, 5) is 15.3. The number of aryl methyl sites for hydroxylation is 2. The van der Waals surface area contributed by atoms with E-state index in [9.17, 15) is 9.90 Å². The van der Waals surface area contributed by atoms with E-state index in [2.05, 4.69) is 10.1 Å². The normalized spacial score (nSPS) is 12.7. The van der Waals surface area contributed by atoms with Gasteiger partial charge in [0.15, 0.2) is 0 Å². The van der Waals surface area contributed by atoms with Gasteiger partial charge in [-0.15, -0.1) is 0 Å². The summed E-state index contributed by atoms with van der Waals surface area (Å²) < 4.78 is 7.42. The maximum Gasteiger partial charge on any atom is 0.372 e. The fourth-order valence-electron chi connectivity index (χ4n) is 3.12. The lowest BCUT2D eigenvalue weighted by molar-refractivity contribution is 0.0659. The number of hydrogen-bond donors (Lipinski definition) is 1. The van der Waals surface area contributed by atoms with Crippen LogP contribution < -0.4 is 0 Å². The Kier molecular flexibility index (Phi) is 3.04. The predicted molar refractivity (Wildman–Crippen MR) is 82.4 cm³/mol. The Balaban J connectivity index is 1.75. The molecule has 0 bridgehead atoms. The molecule has 6 heteroatoms. The Morgan fingerprint density at radius 3 is 2.87 bits per heavy atom. The molecule has 0 spiro atoms. The second-order valence-electron chi connectivity index (χ2n) is 5.72. The second-order valence-corrected chi connectivity index (χ2v) is 5.72. The highest BCUT2D eigenvalue weighted by atomic mass is 16.4. The largest absolute Gasteiger partial charge is 0.475 e. The van der Waals surface area contributed by atoms with Gasteiger partial charge in [-0.25, -0.2) is 4.79 Å². The molecule has 1 aliphatic carbocycles. The van der Waals surface area contributed by atoms with Crippen molar-refractivity contribution in [2.75, 3.05) is 0 Å². The highest BCUT2D eigenvalue weighted by molar-refractivity contribution is 5.90. The molecule has 0 atom stereocenters. The van der Waals surface area contributed by atoms with Gasteiger partial charge in [0.05, 0.1) is 12.2 Å². The summed E-state index contributed by atoms with van der Waals surface area (Å²) in [5, 5.41) is 13.9. The molecular weight excluding hydrogens is 294 g/mol. The molecule has 1 aliphatic rings. The maximum absolute atomic E-state index is 11.3. The highest BCUT2D eigenvalue weighted by Gasteiger charge is 2.29. The van der Waals surface area contributed by atoms with Gasteiger partial charge in [-0.3, -0.25) is 9.67 Å². The molecular formula is C17H15N3O3. The number of carboxylic acid groups (broad SMARTS) is 1. The minimum absolute atomic E-state index is 0.0199. The summed E-state index contributed by atoms with van der Waals surface area (Å²) in [7, 11) is 0. The molecule has 4 rings (SSSR count). The number of aromatic nitrogens is 3. The van der Waals surface area contributed by atoms with E-state index in [0.717, 1.165) is 34.6 Å². The summed E-state index contributed by atoms with van der Waals surface area (Å²) in [5.41, 5.74) is 4.59. The van der Waals surface area contributed by atoms with Gasteiger partial charge in [0.2, 0.25) is 5.76 Å². The fraction of sp³-hybridized carbons (Fsp3) is 0.235. The molecule has 0 unspecified atom stereocenters. The number of fused-ring (bicyclic) bond motifs is 3. The van der Waals surface area contributed by atoms with E-state index in [1.807, 2.05) is 23.0 Å². The average molecular weight is 309 g/mol. The van der Waals surface area contributed by atoms with Crippen molar-refractivity contribution in [3.8, 4) is 11.3 Å². The average Bonchev–Trinajstić information content (AvgIpc) is 3.08. The quantitative estimate of drug-likeness (QED) is 0.804. The van der Waals surface area contributed by atoms with Gasteiger partial charge in [-0.1, -0.05) is 0 Å². The van der Waals surface area contributed by atoms with Crippen LogP contribution in [0.5, 0.6) is 0 Å². The van der Waals surface area contributed by atoms with Crippen molar-refractivity contribution in [1.82, 2.24) is 14.8 Å². The first-order valence-electron chi connectivity index (χ1n) is 7.44. The first kappa shape index (κ1) is 13.8. The lowest BCUT2D eigenvalue weighted by Gasteiger charge is -2.09. The van der Waals surface area contributed by atoms with Crippen molar-refractivity contribution < 1.29 is 14.3 Å². The summed E-state index contributed by atoms with van der Waals surface area (Å²) >= 11 is 0. The van der Waals surface area contributed by atoms with Crippen molar-refractivity contribution in [2.24, 2.45) is 0 Å². The van der Waals surface area contributed by atoms with Gasteiger partial charge in [0.25, 0.3) is 0 Å². The van der Waals surface area contributed by atoms with E-state index in [1.54, 1.807) is 19.3 Å². The molecule has 3 aromatic rings. The summed E-state index contributed by atoms with van der Waals surface area (Å²) in [6.07, 6.45) is 7.07. The Hall–Kier alpha value is -2.89. The molecule has 0 radical (unpaired) electrons. The third-order valence-electron chi connectivity index (χ3n) is 4.20. The third-order valence-corrected chi connectivity index (χ3v) is 4.20. The van der Waals surface area contributed by atoms with Crippen molar-refractivity contribution >= 4 is 5.97 Å². The fourth-order valence-corrected chi connectivity index (χ4v) is 3.12. The second kappa shape index (κ2) is 5.08. The van der Waals surface area contributed by atoms with Crippen molar-refractivity contribution in [1.29, 1.82) is 0 Å². The van der Waals surface area contributed by atoms with Crippen LogP contribution in [0.4, 0.5) is 0 Å². The molecule has 0 saturated carbocycles. The molecule has 0 aromatic carbocycles. The zero-order valence-electron chi connectivity index (χ0n) is 12.6. The molecule has 3 heterocycles. The van der Waals surface area contributed by atoms with Crippen LogP contribution in [0, 0.1) is 6.92 Å². The molecule has 0 amide bonds. The number of carboxylic acids is 1. The Morgan fingerprint density at radius 1 is 1.35 bits per heavy atom. The van der Waals surface area contributed by atoms with E-state index in [0.29, 0.717) is 18.5 Å². The molecule has 0 aliphatic heterocycles. The Morgan fingerprint density at radius 2 is 2.13 bits per heavy atom. The minimum atomic E-state index is -1.03. The van der Waals surface area contributed by atoms with Crippen LogP contribution in [0.3, 0.4) is 0 Å². The van der Waals surface area contributed by atoms with E-state index in [1.165, 1.54) is 0 Å². The molecule has 6 nitrogen and oxygen atoms in total. The van der Waals surface area contributed by atoms with Gasteiger partial charge >= 0.3 is 5.97 Å². The van der Waals surface area contributed by atoms with Crippen molar-refractivity contribution in [2.45, 2.75) is 26.3 Å². The number of furan rings is 1. The molecule has 116 valence electrons. The number of nitrogens with zero attached hydrogens (tertiary/aromatic N) is 3. The third kappa shape index (κ3) is 2.23. The van der Waals surface area contributed by atoms with Crippen LogP contribution >= 0.6 is 0 Å². The summed E-state index contributed by atoms with van der Waals surface area (Å²) in [6.45, 7) is 2.44. The lowest BCUT2D eigenvalue weighted by atomic mass is 9.94. The topological polar surface area (TPSA) is 81.1 Å². The zero-order chi connectivity index (χ0) is 16.0. The molecule has 0 saturated heterocycles. The molecule has 3 aromatic heterocycles. The van der Waals surface area contributed by atoms with Crippen LogP contribution in [0.1, 0.15) is 33.0 Å². The first-order valence-corrected chi connectivity index (χ1v) is 7.44. The highest BCUT2D eigenvalue weighted by Crippen LogP contribution is 2.38. The number of hydrogen-bond acceptors (Lipinski definition) is 4. The Bertz CT molecular complexity index is 893. The first-order chi connectivity index (χ1) is 11.1. The van der Waals surface area contributed by atoms with E-state index in [4.69, 9.17) is 4.42 Å². The SMILES string of the molecule is Cc1c(C(=O)O)oc2c1-c1nn(Cc3ccncc3)cc1CC2. The maximum atomic E-state index is 11.3. The van der Waals surface area contributed by atoms with Gasteiger partial charge in [0.1, 0.15) is 5.76 Å². The van der Waals surface area contributed by atoms with Gasteiger partial charge in [-0.05, 0) is 36.6 Å². The predicted octanol–water partition coefficient (Wildman–Crippen LogP) is 2.69. The minimum Gasteiger partial charge on any atom is -0.475 e. The lowest BCUT2D eigenvalue weighted by Crippen LogP contribution is -2.01. The van der Waals surface area contributed by atoms with Crippen molar-refractivity contribution in [3.63, 3.8) is 0 Å². The molecule has 1 N–H and O–H groups in total. The summed E-state index contributed by atoms with van der Waals surface area (Å²) in [5.74, 6) is -0.289. The number of carbonyl (C=O) groups is 1. The van der Waals surface area contributed by atoms with Crippen LogP contribution in [0.15, 0.2) is 35.1 Å². The van der Waals surface area contributed by atoms with E-state index in [-0.39, 0.29) is 5.76 Å². The molecule has 0 fully saturated rings. The Labute approximate surface area is 132 Å². The van der Waals surface area contributed by atoms with Gasteiger partial charge in [0, 0.05) is 36.1 Å². The van der Waals surface area contributed by atoms with Crippen LogP contribution in [0.25, 0.3) is 11.3 Å². The van der Waals surface area contributed by atoms with Gasteiger partial charge < -0.3 is 9.52 Å². The summed E-state index contributed by atoms with van der Waals surface area (Å²) in [6, 6.07) is 3.91. The molecule has 23 heavy (non-hydrogen) atoms. The van der Waals surface area contributed by atoms with Gasteiger partial charge in [-0.2, -0.15) is 5.10 Å². The zero-order valence-corrected chi connectivity index (χ0v) is 12.6. The van der Waals surface area contributed by atoms with Crippen LogP contribution in [-0.2, 0) is 19.4 Å². The van der Waals surface area contributed by atoms with E-state index >= 15 is 0 Å². The monoisotopic (exact) mass is 309 g/mol. The van der Waals surface area contributed by atoms with Crippen molar-refractivity contribution in [3.05, 3.63) is 58.9 Å². The number of aromatic carboxylic acids is 1. The number of pyridine rings is 1. The van der Waals surface area contributed by atoms with Crippen LogP contribution in [-0.4, -0.2) is 25.8 Å². The smallest absolute Gasteiger partial charge is 0.372 e. The standard InChI is InChI=1S/C17H15N3O3/c1-10-14-13(23-16(10)17(21)22)3-2-12-9-20(19-15(12)14)8-11-4-6-18-7-5-11/h4-7,9H,2-3,8H2,1H3,(H,21,22). The van der Waals surface area contributed by atoms with Crippen LogP contribution in [0.2, 0.25) is 0 Å². The number of rotatable bonds is 3. The van der Waals surface area contributed by atoms with E-state index < -0.39 is 5.97 Å².